The van der Waals surface area contributed by atoms with E-state index in [1.807, 2.05) is 36.0 Å². The number of hydrogen-bond donors (Lipinski definition) is 2. The molecule has 0 fully saturated rings. The van der Waals surface area contributed by atoms with E-state index in [2.05, 4.69) is 12.3 Å². The Kier molecular flexibility index (Phi) is 4.87. The number of hydrazine groups is 1. The van der Waals surface area contributed by atoms with Gasteiger partial charge in [-0.3, -0.25) is 10.2 Å². The van der Waals surface area contributed by atoms with E-state index in [0.717, 1.165) is 28.0 Å². The minimum Gasteiger partial charge on any atom is -0.451 e. The van der Waals surface area contributed by atoms with Crippen LogP contribution < -0.4 is 11.3 Å². The number of fused-ring (bicyclic) bond motifs is 1. The van der Waals surface area contributed by atoms with Crippen molar-refractivity contribution in [3.8, 4) is 0 Å². The van der Waals surface area contributed by atoms with E-state index < -0.39 is 0 Å². The summed E-state index contributed by atoms with van der Waals surface area (Å²) < 4.78 is 5.60. The van der Waals surface area contributed by atoms with Crippen molar-refractivity contribution in [3.05, 3.63) is 35.6 Å². The molecule has 0 aliphatic rings. The number of benzene rings is 1. The number of nitrogens with two attached hydrogens (primary N) is 1. The average molecular weight is 278 g/mol. The largest absolute Gasteiger partial charge is 0.451 e. The fourth-order valence-electron chi connectivity index (χ4n) is 1.91. The second kappa shape index (κ2) is 6.63. The third-order valence-corrected chi connectivity index (χ3v) is 3.99. The third-order valence-electron chi connectivity index (χ3n) is 2.92. The Hall–Kier alpha value is -1.46. The highest BCUT2D eigenvalue weighted by molar-refractivity contribution is 7.98. The minimum atomic E-state index is -0.373. The lowest BCUT2D eigenvalue weighted by atomic mass is 10.1. The average Bonchev–Trinajstić information content (AvgIpc) is 2.81. The van der Waals surface area contributed by atoms with Crippen molar-refractivity contribution in [1.82, 2.24) is 5.43 Å². The number of furan rings is 1. The van der Waals surface area contributed by atoms with Gasteiger partial charge >= 0.3 is 5.91 Å². The van der Waals surface area contributed by atoms with Gasteiger partial charge in [0.2, 0.25) is 0 Å². The van der Waals surface area contributed by atoms with E-state index in [-0.39, 0.29) is 5.91 Å². The first-order valence-electron chi connectivity index (χ1n) is 6.37. The number of carbonyl (C=O) groups is 1. The van der Waals surface area contributed by atoms with Crippen LogP contribution in [0.1, 0.15) is 35.9 Å². The monoisotopic (exact) mass is 278 g/mol. The van der Waals surface area contributed by atoms with Crippen LogP contribution in [0.4, 0.5) is 0 Å². The van der Waals surface area contributed by atoms with Crippen molar-refractivity contribution < 1.29 is 9.21 Å². The molecule has 0 bridgehead atoms. The third kappa shape index (κ3) is 3.11. The van der Waals surface area contributed by atoms with Crippen molar-refractivity contribution in [1.29, 1.82) is 0 Å². The van der Waals surface area contributed by atoms with Gasteiger partial charge in [-0.2, -0.15) is 11.8 Å². The Balaban J connectivity index is 2.29. The van der Waals surface area contributed by atoms with E-state index in [1.165, 1.54) is 12.8 Å². The van der Waals surface area contributed by atoms with Gasteiger partial charge in [-0.15, -0.1) is 0 Å². The Morgan fingerprint density at radius 1 is 1.42 bits per heavy atom. The Morgan fingerprint density at radius 3 is 2.95 bits per heavy atom. The quantitative estimate of drug-likeness (QED) is 0.369. The SMILES string of the molecule is CCCCSCc1c(C(=O)NN)oc2ccccc12. The molecule has 0 aliphatic heterocycles. The van der Waals surface area contributed by atoms with E-state index in [1.54, 1.807) is 0 Å². The number of para-hydroxylation sites is 1. The number of rotatable bonds is 6. The molecule has 0 unspecified atom stereocenters. The lowest BCUT2D eigenvalue weighted by molar-refractivity contribution is 0.0927. The van der Waals surface area contributed by atoms with Crippen LogP contribution in [0.2, 0.25) is 0 Å². The van der Waals surface area contributed by atoms with Gasteiger partial charge in [-0.25, -0.2) is 5.84 Å². The zero-order valence-electron chi connectivity index (χ0n) is 10.9. The maximum Gasteiger partial charge on any atom is 0.301 e. The number of nitrogens with one attached hydrogen (secondary N) is 1. The molecule has 1 heterocycles. The van der Waals surface area contributed by atoms with Gasteiger partial charge in [0.05, 0.1) is 0 Å². The summed E-state index contributed by atoms with van der Waals surface area (Å²) in [6, 6.07) is 7.68. The van der Waals surface area contributed by atoms with Crippen molar-refractivity contribution in [2.45, 2.75) is 25.5 Å². The summed E-state index contributed by atoms with van der Waals surface area (Å²) in [5.41, 5.74) is 3.80. The van der Waals surface area contributed by atoms with Crippen LogP contribution in [-0.4, -0.2) is 11.7 Å². The molecule has 0 atom stereocenters. The molecule has 0 radical (unpaired) electrons. The molecule has 1 aromatic heterocycles. The summed E-state index contributed by atoms with van der Waals surface area (Å²) in [6.07, 6.45) is 2.36. The molecular weight excluding hydrogens is 260 g/mol. The number of hydrogen-bond acceptors (Lipinski definition) is 4. The van der Waals surface area contributed by atoms with Gasteiger partial charge in [0.15, 0.2) is 5.76 Å². The molecule has 0 saturated carbocycles. The second-order valence-corrected chi connectivity index (χ2v) is 5.39. The number of unbranched alkanes of at least 4 members (excludes halogenated alkanes) is 1. The van der Waals surface area contributed by atoms with Crippen LogP contribution in [-0.2, 0) is 5.75 Å². The van der Waals surface area contributed by atoms with Crippen LogP contribution in [0.5, 0.6) is 0 Å². The first-order chi connectivity index (χ1) is 9.27. The maximum atomic E-state index is 11.8. The highest BCUT2D eigenvalue weighted by Crippen LogP contribution is 2.29. The number of amides is 1. The number of nitrogen functional groups attached to an aromatic ring is 1. The van der Waals surface area contributed by atoms with E-state index in [0.29, 0.717) is 5.76 Å². The Labute approximate surface area is 116 Å². The van der Waals surface area contributed by atoms with Gasteiger partial charge in [-0.1, -0.05) is 31.5 Å². The summed E-state index contributed by atoms with van der Waals surface area (Å²) in [6.45, 7) is 2.17. The molecule has 2 aromatic rings. The van der Waals surface area contributed by atoms with Gasteiger partial charge in [-0.05, 0) is 18.2 Å². The summed E-state index contributed by atoms with van der Waals surface area (Å²) >= 11 is 1.81. The molecular formula is C14H18N2O2S. The minimum absolute atomic E-state index is 0.327. The summed E-state index contributed by atoms with van der Waals surface area (Å²) in [5, 5.41) is 0.991. The molecule has 2 rings (SSSR count). The predicted octanol–water partition coefficient (Wildman–Crippen LogP) is 3.07. The van der Waals surface area contributed by atoms with E-state index in [9.17, 15) is 4.79 Å². The molecule has 3 N–H and O–H groups in total. The van der Waals surface area contributed by atoms with Crippen molar-refractivity contribution in [2.24, 2.45) is 5.84 Å². The first-order valence-corrected chi connectivity index (χ1v) is 7.52. The number of carbonyl (C=O) groups excluding carboxylic acids is 1. The van der Waals surface area contributed by atoms with Crippen LogP contribution in [0, 0.1) is 0 Å². The van der Waals surface area contributed by atoms with Gasteiger partial charge < -0.3 is 4.42 Å². The predicted molar refractivity (Wildman–Crippen MR) is 78.9 cm³/mol. The lowest BCUT2D eigenvalue weighted by Gasteiger charge is -2.02. The molecule has 1 aromatic carbocycles. The van der Waals surface area contributed by atoms with Gasteiger partial charge in [0.1, 0.15) is 5.58 Å². The molecule has 0 saturated heterocycles. The van der Waals surface area contributed by atoms with Crippen molar-refractivity contribution in [3.63, 3.8) is 0 Å². The Morgan fingerprint density at radius 2 is 2.21 bits per heavy atom. The molecule has 4 nitrogen and oxygen atoms in total. The Bertz CT molecular complexity index is 566. The topological polar surface area (TPSA) is 68.3 Å². The highest BCUT2D eigenvalue weighted by atomic mass is 32.2. The first kappa shape index (κ1) is 14.0. The smallest absolute Gasteiger partial charge is 0.301 e. The van der Waals surface area contributed by atoms with Gasteiger partial charge in [0, 0.05) is 16.7 Å². The van der Waals surface area contributed by atoms with Gasteiger partial charge in [0.25, 0.3) is 0 Å². The fraction of sp³-hybridized carbons (Fsp3) is 0.357. The molecule has 19 heavy (non-hydrogen) atoms. The molecule has 0 aliphatic carbocycles. The van der Waals surface area contributed by atoms with Crippen LogP contribution >= 0.6 is 11.8 Å². The van der Waals surface area contributed by atoms with Crippen molar-refractivity contribution in [2.75, 3.05) is 5.75 Å². The van der Waals surface area contributed by atoms with Crippen LogP contribution in [0.3, 0.4) is 0 Å². The maximum absolute atomic E-state index is 11.8. The fourth-order valence-corrected chi connectivity index (χ4v) is 3.04. The molecule has 1 amide bonds. The van der Waals surface area contributed by atoms with Crippen molar-refractivity contribution >= 4 is 28.6 Å². The zero-order valence-corrected chi connectivity index (χ0v) is 11.8. The summed E-state index contributed by atoms with van der Waals surface area (Å²) in [7, 11) is 0. The summed E-state index contributed by atoms with van der Waals surface area (Å²) in [4.78, 5) is 11.8. The summed E-state index contributed by atoms with van der Waals surface area (Å²) in [5.74, 6) is 7.01. The van der Waals surface area contributed by atoms with E-state index in [4.69, 9.17) is 10.3 Å². The molecule has 0 spiro atoms. The number of thioether (sulfide) groups is 1. The highest BCUT2D eigenvalue weighted by Gasteiger charge is 2.19. The normalized spacial score (nSPS) is 10.8. The van der Waals surface area contributed by atoms with Crippen LogP contribution in [0.15, 0.2) is 28.7 Å². The van der Waals surface area contributed by atoms with E-state index >= 15 is 0 Å². The molecule has 5 heteroatoms. The lowest BCUT2D eigenvalue weighted by Crippen LogP contribution is -2.30. The standard InChI is InChI=1S/C14H18N2O2S/c1-2-3-8-19-9-11-10-6-4-5-7-12(10)18-13(11)14(17)16-15/h4-7H,2-3,8-9,15H2,1H3,(H,16,17). The second-order valence-electron chi connectivity index (χ2n) is 4.29. The zero-order chi connectivity index (χ0) is 13.7. The molecule has 102 valence electrons. The van der Waals surface area contributed by atoms with Crippen LogP contribution in [0.25, 0.3) is 11.0 Å².